The van der Waals surface area contributed by atoms with Crippen molar-refractivity contribution < 1.29 is 0 Å². The zero-order valence-corrected chi connectivity index (χ0v) is 15.1. The third-order valence-electron chi connectivity index (χ3n) is 4.92. The van der Waals surface area contributed by atoms with Gasteiger partial charge in [0.15, 0.2) is 0 Å². The van der Waals surface area contributed by atoms with Crippen LogP contribution >= 0.6 is 23.2 Å². The van der Waals surface area contributed by atoms with Crippen LogP contribution in [0.5, 0.6) is 0 Å². The van der Waals surface area contributed by atoms with Gasteiger partial charge in [-0.05, 0) is 63.0 Å². The zero-order chi connectivity index (χ0) is 16.2. The SMILES string of the molecule is CN1CCCC1CCNC1=CC(c2ccc(Cl)c(Cl)c2)CC=C1. The molecular formula is C19H24Cl2N2. The van der Waals surface area contributed by atoms with Crippen LogP contribution in [0.15, 0.2) is 42.1 Å². The van der Waals surface area contributed by atoms with Crippen LogP contribution in [0.1, 0.15) is 37.2 Å². The average molecular weight is 351 g/mol. The maximum absolute atomic E-state index is 6.15. The highest BCUT2D eigenvalue weighted by molar-refractivity contribution is 6.42. The second kappa shape index (κ2) is 7.74. The second-order valence-electron chi connectivity index (χ2n) is 6.53. The van der Waals surface area contributed by atoms with Crippen LogP contribution in [0.3, 0.4) is 0 Å². The topological polar surface area (TPSA) is 15.3 Å². The summed E-state index contributed by atoms with van der Waals surface area (Å²) in [6.07, 6.45) is 11.6. The summed E-state index contributed by atoms with van der Waals surface area (Å²) in [7, 11) is 2.23. The van der Waals surface area contributed by atoms with E-state index in [2.05, 4.69) is 41.6 Å². The van der Waals surface area contributed by atoms with Crippen LogP contribution in [0.2, 0.25) is 10.0 Å². The lowest BCUT2D eigenvalue weighted by Gasteiger charge is -2.22. The van der Waals surface area contributed by atoms with Crippen molar-refractivity contribution in [2.45, 2.75) is 37.6 Å². The van der Waals surface area contributed by atoms with Crippen molar-refractivity contribution >= 4 is 23.2 Å². The highest BCUT2D eigenvalue weighted by Gasteiger charge is 2.20. The van der Waals surface area contributed by atoms with E-state index in [9.17, 15) is 0 Å². The molecule has 23 heavy (non-hydrogen) atoms. The maximum atomic E-state index is 6.15. The van der Waals surface area contributed by atoms with Crippen LogP contribution in [-0.2, 0) is 0 Å². The van der Waals surface area contributed by atoms with E-state index in [-0.39, 0.29) is 0 Å². The van der Waals surface area contributed by atoms with Gasteiger partial charge in [0.1, 0.15) is 0 Å². The Morgan fingerprint density at radius 2 is 2.13 bits per heavy atom. The van der Waals surface area contributed by atoms with Gasteiger partial charge in [0, 0.05) is 24.2 Å². The number of hydrogen-bond acceptors (Lipinski definition) is 2. The van der Waals surface area contributed by atoms with E-state index in [0.29, 0.717) is 16.0 Å². The summed E-state index contributed by atoms with van der Waals surface area (Å²) in [4.78, 5) is 2.48. The molecule has 2 atom stereocenters. The molecule has 0 radical (unpaired) electrons. The molecular weight excluding hydrogens is 327 g/mol. The van der Waals surface area contributed by atoms with Crippen molar-refractivity contribution in [1.29, 1.82) is 0 Å². The van der Waals surface area contributed by atoms with Gasteiger partial charge < -0.3 is 10.2 Å². The molecule has 124 valence electrons. The molecule has 0 saturated carbocycles. The maximum Gasteiger partial charge on any atom is 0.0595 e. The van der Waals surface area contributed by atoms with Gasteiger partial charge in [-0.2, -0.15) is 0 Å². The Kier molecular flexibility index (Phi) is 5.68. The molecule has 4 heteroatoms. The quantitative estimate of drug-likeness (QED) is 0.804. The molecule has 2 unspecified atom stereocenters. The molecule has 0 bridgehead atoms. The fourth-order valence-corrected chi connectivity index (χ4v) is 3.81. The monoisotopic (exact) mass is 350 g/mol. The summed E-state index contributed by atoms with van der Waals surface area (Å²) in [5.74, 6) is 0.367. The minimum atomic E-state index is 0.367. The molecule has 1 aliphatic heterocycles. The van der Waals surface area contributed by atoms with Crippen molar-refractivity contribution in [3.05, 3.63) is 57.7 Å². The molecule has 2 aliphatic rings. The smallest absolute Gasteiger partial charge is 0.0595 e. The van der Waals surface area contributed by atoms with E-state index in [1.54, 1.807) is 0 Å². The molecule has 0 amide bonds. The van der Waals surface area contributed by atoms with Gasteiger partial charge in [-0.25, -0.2) is 0 Å². The molecule has 1 aliphatic carbocycles. The number of allylic oxidation sites excluding steroid dienone is 3. The summed E-state index contributed by atoms with van der Waals surface area (Å²) in [6, 6.07) is 6.67. The Morgan fingerprint density at radius 3 is 2.87 bits per heavy atom. The van der Waals surface area contributed by atoms with E-state index in [1.807, 2.05) is 12.1 Å². The summed E-state index contributed by atoms with van der Waals surface area (Å²) >= 11 is 12.2. The first kappa shape index (κ1) is 16.9. The Morgan fingerprint density at radius 1 is 1.26 bits per heavy atom. The summed E-state index contributed by atoms with van der Waals surface area (Å²) in [5.41, 5.74) is 2.44. The van der Waals surface area contributed by atoms with E-state index < -0.39 is 0 Å². The molecule has 1 N–H and O–H groups in total. The third kappa shape index (κ3) is 4.32. The van der Waals surface area contributed by atoms with Gasteiger partial charge in [0.05, 0.1) is 10.0 Å². The number of nitrogens with one attached hydrogen (secondary N) is 1. The highest BCUT2D eigenvalue weighted by Crippen LogP contribution is 2.31. The normalized spacial score (nSPS) is 24.7. The number of halogens is 2. The molecule has 1 saturated heterocycles. The Bertz CT molecular complexity index is 609. The Labute approximate surface area is 149 Å². The largest absolute Gasteiger partial charge is 0.385 e. The minimum absolute atomic E-state index is 0.367. The zero-order valence-electron chi connectivity index (χ0n) is 13.6. The van der Waals surface area contributed by atoms with Crippen LogP contribution in [-0.4, -0.2) is 31.1 Å². The summed E-state index contributed by atoms with van der Waals surface area (Å²) in [5, 5.41) is 4.83. The molecule has 0 spiro atoms. The summed E-state index contributed by atoms with van der Waals surface area (Å²) in [6.45, 7) is 2.27. The van der Waals surface area contributed by atoms with Gasteiger partial charge in [-0.1, -0.05) is 41.4 Å². The number of hydrogen-bond donors (Lipinski definition) is 1. The van der Waals surface area contributed by atoms with Crippen molar-refractivity contribution in [1.82, 2.24) is 10.2 Å². The fraction of sp³-hybridized carbons (Fsp3) is 0.474. The van der Waals surface area contributed by atoms with E-state index >= 15 is 0 Å². The molecule has 1 heterocycles. The van der Waals surface area contributed by atoms with Gasteiger partial charge in [0.2, 0.25) is 0 Å². The average Bonchev–Trinajstić information content (AvgIpc) is 2.96. The summed E-state index contributed by atoms with van der Waals surface area (Å²) < 4.78 is 0. The Hall–Kier alpha value is -0.960. The molecule has 1 aromatic rings. The third-order valence-corrected chi connectivity index (χ3v) is 5.66. The predicted molar refractivity (Wildman–Crippen MR) is 99.3 cm³/mol. The highest BCUT2D eigenvalue weighted by atomic mass is 35.5. The van der Waals surface area contributed by atoms with Crippen LogP contribution < -0.4 is 5.32 Å². The Balaban J connectivity index is 1.57. The minimum Gasteiger partial charge on any atom is -0.385 e. The van der Waals surface area contributed by atoms with E-state index in [4.69, 9.17) is 23.2 Å². The first-order valence-electron chi connectivity index (χ1n) is 8.41. The number of nitrogens with zero attached hydrogens (tertiary/aromatic N) is 1. The molecule has 1 aromatic carbocycles. The van der Waals surface area contributed by atoms with Gasteiger partial charge in [-0.3, -0.25) is 0 Å². The van der Waals surface area contributed by atoms with Crippen LogP contribution in [0, 0.1) is 0 Å². The molecule has 3 rings (SSSR count). The number of benzene rings is 1. The van der Waals surface area contributed by atoms with Gasteiger partial charge in [-0.15, -0.1) is 0 Å². The molecule has 2 nitrogen and oxygen atoms in total. The second-order valence-corrected chi connectivity index (χ2v) is 7.35. The lowest BCUT2D eigenvalue weighted by atomic mass is 9.91. The van der Waals surface area contributed by atoms with E-state index in [1.165, 1.54) is 37.1 Å². The standard InChI is InChI=1S/C19H24Cl2N2/c1-23-11-3-6-17(23)9-10-22-16-5-2-4-14(12-16)15-7-8-18(20)19(21)13-15/h2,5,7-8,12-14,17,22H,3-4,6,9-11H2,1H3. The van der Waals surface area contributed by atoms with Crippen molar-refractivity contribution in [2.24, 2.45) is 0 Å². The van der Waals surface area contributed by atoms with Crippen LogP contribution in [0.25, 0.3) is 0 Å². The first-order chi connectivity index (χ1) is 11.1. The van der Waals surface area contributed by atoms with Gasteiger partial charge >= 0.3 is 0 Å². The number of rotatable bonds is 5. The predicted octanol–water partition coefficient (Wildman–Crippen LogP) is 4.99. The van der Waals surface area contributed by atoms with Crippen LogP contribution in [0.4, 0.5) is 0 Å². The first-order valence-corrected chi connectivity index (χ1v) is 9.16. The van der Waals surface area contributed by atoms with Crippen molar-refractivity contribution in [3.63, 3.8) is 0 Å². The van der Waals surface area contributed by atoms with E-state index in [0.717, 1.165) is 19.0 Å². The molecule has 1 fully saturated rings. The van der Waals surface area contributed by atoms with Crippen molar-refractivity contribution in [2.75, 3.05) is 20.1 Å². The van der Waals surface area contributed by atoms with Gasteiger partial charge in [0.25, 0.3) is 0 Å². The lowest BCUT2D eigenvalue weighted by molar-refractivity contribution is 0.296. The molecule has 0 aromatic heterocycles. The fourth-order valence-electron chi connectivity index (χ4n) is 3.50. The lowest BCUT2D eigenvalue weighted by Crippen LogP contribution is -2.29. The number of likely N-dealkylation sites (tertiary alicyclic amines) is 1. The van der Waals surface area contributed by atoms with Crippen molar-refractivity contribution in [3.8, 4) is 0 Å².